The highest BCUT2D eigenvalue weighted by Gasteiger charge is 2.12. The molecule has 0 aliphatic heterocycles. The van der Waals surface area contributed by atoms with Gasteiger partial charge >= 0.3 is 0 Å². The topological polar surface area (TPSA) is 22.8 Å². The number of nitrogens with zero attached hydrogens (tertiary/aromatic N) is 3. The molecule has 5 heteroatoms. The third kappa shape index (κ3) is 1.77. The van der Waals surface area contributed by atoms with E-state index in [0.29, 0.717) is 10.2 Å². The van der Waals surface area contributed by atoms with Crippen molar-refractivity contribution in [2.75, 3.05) is 0 Å². The Morgan fingerprint density at radius 2 is 1.74 bits per heavy atom. The van der Waals surface area contributed by atoms with Gasteiger partial charge in [0.2, 0.25) is 0 Å². The lowest BCUT2D eigenvalue weighted by Crippen LogP contribution is -1.94. The summed E-state index contributed by atoms with van der Waals surface area (Å²) in [5, 5.41) is 5.85. The van der Waals surface area contributed by atoms with E-state index in [1.807, 2.05) is 29.8 Å². The zero-order valence-corrected chi connectivity index (χ0v) is 11.4. The highest BCUT2D eigenvalue weighted by molar-refractivity contribution is 7.71. The van der Waals surface area contributed by atoms with Gasteiger partial charge in [0.05, 0.1) is 0 Å². The van der Waals surface area contributed by atoms with Crippen LogP contribution < -0.4 is 0 Å². The molecule has 0 saturated carbocycles. The Labute approximate surface area is 114 Å². The van der Waals surface area contributed by atoms with Gasteiger partial charge in [-0.25, -0.2) is 9.07 Å². The molecule has 0 aliphatic carbocycles. The van der Waals surface area contributed by atoms with Crippen molar-refractivity contribution in [3.8, 4) is 11.4 Å². The van der Waals surface area contributed by atoms with Crippen molar-refractivity contribution in [3.63, 3.8) is 0 Å². The van der Waals surface area contributed by atoms with Crippen LogP contribution >= 0.6 is 12.2 Å². The normalized spacial score (nSPS) is 11.1. The van der Waals surface area contributed by atoms with Crippen molar-refractivity contribution >= 4 is 23.0 Å². The summed E-state index contributed by atoms with van der Waals surface area (Å²) in [6.45, 7) is 0. The largest absolute Gasteiger partial charge is 0.303 e. The van der Waals surface area contributed by atoms with Gasteiger partial charge in [0.15, 0.2) is 10.6 Å². The summed E-state index contributed by atoms with van der Waals surface area (Å²) in [7, 11) is 3.67. The predicted octanol–water partition coefficient (Wildman–Crippen LogP) is 3.45. The number of halogens is 1. The second-order valence-electron chi connectivity index (χ2n) is 4.43. The summed E-state index contributed by atoms with van der Waals surface area (Å²) in [6.07, 6.45) is 0. The van der Waals surface area contributed by atoms with Crippen molar-refractivity contribution in [2.45, 2.75) is 0 Å². The quantitative estimate of drug-likeness (QED) is 0.634. The molecule has 2 aromatic carbocycles. The molecule has 1 heterocycles. The van der Waals surface area contributed by atoms with Gasteiger partial charge in [-0.05, 0) is 23.7 Å². The molecule has 3 aromatic rings. The van der Waals surface area contributed by atoms with Gasteiger partial charge in [0, 0.05) is 25.0 Å². The van der Waals surface area contributed by atoms with Crippen LogP contribution in [0.15, 0.2) is 36.4 Å². The van der Waals surface area contributed by atoms with Gasteiger partial charge in [-0.3, -0.25) is 0 Å². The van der Waals surface area contributed by atoms with Crippen LogP contribution in [0.5, 0.6) is 0 Å². The van der Waals surface area contributed by atoms with Crippen molar-refractivity contribution in [3.05, 3.63) is 47.0 Å². The number of hydrogen-bond acceptors (Lipinski definition) is 2. The lowest BCUT2D eigenvalue weighted by molar-refractivity contribution is 0.640. The molecule has 0 N–H and O–H groups in total. The van der Waals surface area contributed by atoms with Gasteiger partial charge in [0.25, 0.3) is 0 Å². The van der Waals surface area contributed by atoms with Crippen molar-refractivity contribution in [2.24, 2.45) is 14.1 Å². The molecule has 0 unspecified atom stereocenters. The van der Waals surface area contributed by atoms with Crippen molar-refractivity contribution < 1.29 is 4.39 Å². The Hall–Kier alpha value is -2.01. The Bertz CT molecular complexity index is 832. The van der Waals surface area contributed by atoms with Crippen LogP contribution in [0.1, 0.15) is 0 Å². The number of fused-ring (bicyclic) bond motifs is 1. The fourth-order valence-corrected chi connectivity index (χ4v) is 2.39. The minimum atomic E-state index is -0.225. The average molecular weight is 273 g/mol. The number of rotatable bonds is 1. The van der Waals surface area contributed by atoms with Gasteiger partial charge < -0.3 is 4.57 Å². The van der Waals surface area contributed by atoms with E-state index in [0.717, 1.165) is 16.8 Å². The summed E-state index contributed by atoms with van der Waals surface area (Å²) in [6, 6.07) is 10.6. The molecule has 0 spiro atoms. The third-order valence-electron chi connectivity index (χ3n) is 3.24. The summed E-state index contributed by atoms with van der Waals surface area (Å²) in [4.78, 5) is 0. The van der Waals surface area contributed by atoms with Crippen LogP contribution in [0.4, 0.5) is 4.39 Å². The van der Waals surface area contributed by atoms with Gasteiger partial charge in [-0.1, -0.05) is 30.3 Å². The third-order valence-corrected chi connectivity index (χ3v) is 3.77. The molecule has 3 nitrogen and oxygen atoms in total. The summed E-state index contributed by atoms with van der Waals surface area (Å²) < 4.78 is 17.9. The van der Waals surface area contributed by atoms with Crippen LogP contribution in [0.25, 0.3) is 22.2 Å². The summed E-state index contributed by atoms with van der Waals surface area (Å²) in [5.74, 6) is 0.514. The van der Waals surface area contributed by atoms with Crippen LogP contribution in [-0.2, 0) is 14.1 Å². The van der Waals surface area contributed by atoms with Gasteiger partial charge in [-0.2, -0.15) is 5.10 Å². The zero-order valence-electron chi connectivity index (χ0n) is 10.6. The highest BCUT2D eigenvalue weighted by atomic mass is 32.1. The fraction of sp³-hybridized carbons (Fsp3) is 0.143. The highest BCUT2D eigenvalue weighted by Crippen LogP contribution is 2.28. The van der Waals surface area contributed by atoms with Crippen LogP contribution in [0, 0.1) is 10.6 Å². The van der Waals surface area contributed by atoms with Crippen molar-refractivity contribution in [1.29, 1.82) is 0 Å². The molecule has 0 aliphatic rings. The van der Waals surface area contributed by atoms with E-state index in [4.69, 9.17) is 12.2 Å². The molecule has 0 atom stereocenters. The van der Waals surface area contributed by atoms with E-state index in [1.165, 1.54) is 6.07 Å². The maximum absolute atomic E-state index is 13.8. The van der Waals surface area contributed by atoms with E-state index in [2.05, 4.69) is 5.10 Å². The Kier molecular flexibility index (Phi) is 2.71. The first-order valence-electron chi connectivity index (χ1n) is 5.87. The Balaban J connectivity index is 2.40. The van der Waals surface area contributed by atoms with E-state index in [-0.39, 0.29) is 5.82 Å². The molecule has 19 heavy (non-hydrogen) atoms. The number of aryl methyl sites for hydroxylation is 1. The van der Waals surface area contributed by atoms with E-state index in [1.54, 1.807) is 23.9 Å². The van der Waals surface area contributed by atoms with E-state index in [9.17, 15) is 4.39 Å². The smallest absolute Gasteiger partial charge is 0.197 e. The summed E-state index contributed by atoms with van der Waals surface area (Å²) in [5.41, 5.74) is 0.881. The number of benzene rings is 2. The molecule has 0 fully saturated rings. The summed E-state index contributed by atoms with van der Waals surface area (Å²) >= 11 is 5.25. The minimum Gasteiger partial charge on any atom is -0.303 e. The van der Waals surface area contributed by atoms with Gasteiger partial charge in [0.1, 0.15) is 5.82 Å². The predicted molar refractivity (Wildman–Crippen MR) is 75.9 cm³/mol. The Morgan fingerprint density at radius 1 is 1.05 bits per heavy atom. The van der Waals surface area contributed by atoms with Crippen LogP contribution in [0.3, 0.4) is 0 Å². The molecule has 1 aromatic heterocycles. The number of hydrogen-bond donors (Lipinski definition) is 0. The Morgan fingerprint density at radius 3 is 2.42 bits per heavy atom. The maximum atomic E-state index is 13.8. The molecule has 0 saturated heterocycles. The first kappa shape index (κ1) is 12.0. The zero-order chi connectivity index (χ0) is 13.6. The fourth-order valence-electron chi connectivity index (χ4n) is 2.26. The first-order chi connectivity index (χ1) is 9.09. The molecule has 96 valence electrons. The van der Waals surface area contributed by atoms with Crippen LogP contribution in [-0.4, -0.2) is 14.3 Å². The molecular formula is C14H12FN3S. The first-order valence-corrected chi connectivity index (χ1v) is 6.28. The second-order valence-corrected chi connectivity index (χ2v) is 4.79. The standard InChI is InChI=1S/C14H12FN3S/c1-17-13(16-18(2)14(17)19)11-7-3-6-10-9(11)5-4-8-12(10)15/h3-8H,1-2H3. The molecule has 3 rings (SSSR count). The molecule has 0 radical (unpaired) electrons. The lowest BCUT2D eigenvalue weighted by Gasteiger charge is -2.06. The average Bonchev–Trinajstić information content (AvgIpc) is 2.66. The lowest BCUT2D eigenvalue weighted by atomic mass is 10.0. The number of aromatic nitrogens is 3. The molecule has 0 amide bonds. The maximum Gasteiger partial charge on any atom is 0.197 e. The van der Waals surface area contributed by atoms with Gasteiger partial charge in [-0.15, -0.1) is 0 Å². The van der Waals surface area contributed by atoms with Crippen molar-refractivity contribution in [1.82, 2.24) is 14.3 Å². The monoisotopic (exact) mass is 273 g/mol. The minimum absolute atomic E-state index is 0.225. The molecule has 0 bridgehead atoms. The SMILES string of the molecule is Cn1nc(-c2cccc3c(F)cccc23)n(C)c1=S. The second kappa shape index (κ2) is 4.28. The van der Waals surface area contributed by atoms with E-state index >= 15 is 0 Å². The molecular weight excluding hydrogens is 261 g/mol. The van der Waals surface area contributed by atoms with Crippen LogP contribution in [0.2, 0.25) is 0 Å². The van der Waals surface area contributed by atoms with E-state index < -0.39 is 0 Å².